The van der Waals surface area contributed by atoms with E-state index in [0.29, 0.717) is 43.9 Å². The molecule has 1 saturated carbocycles. The first kappa shape index (κ1) is 22.5. The minimum atomic E-state index is -0.831. The van der Waals surface area contributed by atoms with Crippen LogP contribution in [-0.4, -0.2) is 31.5 Å². The molecule has 1 atom stereocenters. The van der Waals surface area contributed by atoms with Crippen molar-refractivity contribution in [2.24, 2.45) is 0 Å². The van der Waals surface area contributed by atoms with Crippen LogP contribution in [0, 0.1) is 18.8 Å². The van der Waals surface area contributed by atoms with E-state index in [2.05, 4.69) is 31.5 Å². The van der Waals surface area contributed by atoms with E-state index in [0.717, 1.165) is 10.4 Å². The second kappa shape index (κ2) is 8.79. The van der Waals surface area contributed by atoms with Crippen molar-refractivity contribution >= 4 is 61.6 Å². The zero-order valence-electron chi connectivity index (χ0n) is 18.1. The van der Waals surface area contributed by atoms with Crippen LogP contribution in [0.15, 0.2) is 30.3 Å². The molecule has 0 bridgehead atoms. The third kappa shape index (κ3) is 4.27. The highest BCUT2D eigenvalue weighted by Gasteiger charge is 2.54. The summed E-state index contributed by atoms with van der Waals surface area (Å²) in [5, 5.41) is 13.4. The summed E-state index contributed by atoms with van der Waals surface area (Å²) in [5.41, 5.74) is 1.01. The molecule has 1 unspecified atom stereocenters. The third-order valence-corrected chi connectivity index (χ3v) is 8.37. The molecule has 0 spiro atoms. The number of fused-ring (bicyclic) bond motifs is 1. The molecule has 0 radical (unpaired) electrons. The molecule has 5 rings (SSSR count). The number of benzene rings is 1. The molecule has 4 aromatic rings. The number of thiazole rings is 2. The van der Waals surface area contributed by atoms with Gasteiger partial charge in [-0.15, -0.1) is 0 Å². The number of hydrogen-bond acceptors (Lipinski definition) is 9. The molecule has 1 aliphatic carbocycles. The van der Waals surface area contributed by atoms with Gasteiger partial charge in [-0.1, -0.05) is 53.0 Å². The summed E-state index contributed by atoms with van der Waals surface area (Å²) in [5.74, 6) is 5.13. The predicted octanol–water partition coefficient (Wildman–Crippen LogP) is 5.34. The van der Waals surface area contributed by atoms with E-state index in [1.54, 1.807) is 0 Å². The van der Waals surface area contributed by atoms with Gasteiger partial charge < -0.3 is 9.84 Å². The molecule has 34 heavy (non-hydrogen) atoms. The van der Waals surface area contributed by atoms with E-state index in [9.17, 15) is 14.7 Å². The Hall–Kier alpha value is -3.33. The molecule has 3 heterocycles. The number of carbonyl (C=O) groups is 2. The molecule has 0 saturated heterocycles. The predicted molar refractivity (Wildman–Crippen MR) is 132 cm³/mol. The Morgan fingerprint density at radius 1 is 1.15 bits per heavy atom. The number of nitrogens with zero attached hydrogens (tertiary/aromatic N) is 3. The maximum absolute atomic E-state index is 12.5. The second-order valence-electron chi connectivity index (χ2n) is 7.83. The first-order chi connectivity index (χ1) is 16.4. The SMILES string of the molecule is Cc1snc(C#Cc2nc3sc(C4(C(=O)O)CC4)nc3s2)c1NC(=O)OC(C)c1ccccc1. The summed E-state index contributed by atoms with van der Waals surface area (Å²) in [6, 6.07) is 9.48. The van der Waals surface area contributed by atoms with Gasteiger partial charge >= 0.3 is 12.1 Å². The minimum absolute atomic E-state index is 0.404. The Balaban J connectivity index is 1.30. The Bertz CT molecular complexity index is 1430. The van der Waals surface area contributed by atoms with Crippen molar-refractivity contribution in [2.75, 3.05) is 5.32 Å². The van der Waals surface area contributed by atoms with Gasteiger partial charge in [-0.2, -0.15) is 4.37 Å². The summed E-state index contributed by atoms with van der Waals surface area (Å²) in [4.78, 5) is 35.2. The molecule has 1 fully saturated rings. The van der Waals surface area contributed by atoms with Gasteiger partial charge in [0.05, 0.1) is 5.69 Å². The highest BCUT2D eigenvalue weighted by Crippen LogP contribution is 2.50. The Morgan fingerprint density at radius 2 is 1.88 bits per heavy atom. The van der Waals surface area contributed by atoms with Crippen LogP contribution < -0.4 is 5.32 Å². The van der Waals surface area contributed by atoms with Crippen molar-refractivity contribution in [3.05, 3.63) is 56.5 Å². The maximum atomic E-state index is 12.5. The third-order valence-electron chi connectivity index (χ3n) is 5.48. The average Bonchev–Trinajstić information content (AvgIpc) is 3.26. The van der Waals surface area contributed by atoms with Crippen LogP contribution in [0.3, 0.4) is 0 Å². The van der Waals surface area contributed by atoms with Crippen LogP contribution in [0.5, 0.6) is 0 Å². The average molecular weight is 511 g/mol. The van der Waals surface area contributed by atoms with E-state index in [4.69, 9.17) is 4.74 Å². The van der Waals surface area contributed by atoms with Crippen LogP contribution in [0.25, 0.3) is 9.66 Å². The number of rotatable bonds is 5. The normalized spacial score (nSPS) is 14.8. The molecular formula is C23H18N4O4S3. The standard InChI is InChI=1S/C23H18N4O4S3/c1-12(14-6-4-3-5-7-14)31-22(30)25-17-13(2)34-27-15(17)8-9-16-24-18-19(32-16)26-20(33-18)23(10-11-23)21(28)29/h3-7,12H,10-11H2,1-2H3,(H,25,30)(H,28,29). The van der Waals surface area contributed by atoms with E-state index >= 15 is 0 Å². The number of carbonyl (C=O) groups excluding carboxylic acids is 1. The fourth-order valence-electron chi connectivity index (χ4n) is 3.35. The fraction of sp³-hybridized carbons (Fsp3) is 0.261. The van der Waals surface area contributed by atoms with Gasteiger partial charge in [-0.3, -0.25) is 10.1 Å². The summed E-state index contributed by atoms with van der Waals surface area (Å²) in [7, 11) is 0. The number of amides is 1. The van der Waals surface area contributed by atoms with Gasteiger partial charge in [0, 0.05) is 4.88 Å². The van der Waals surface area contributed by atoms with Crippen LogP contribution in [-0.2, 0) is 14.9 Å². The molecule has 2 N–H and O–H groups in total. The van der Waals surface area contributed by atoms with Gasteiger partial charge in [-0.05, 0) is 55.6 Å². The fourth-order valence-corrected chi connectivity index (χ4v) is 6.08. The largest absolute Gasteiger partial charge is 0.481 e. The van der Waals surface area contributed by atoms with E-state index in [1.807, 2.05) is 44.2 Å². The molecule has 1 amide bonds. The Labute approximate surface area is 206 Å². The van der Waals surface area contributed by atoms with Gasteiger partial charge in [0.25, 0.3) is 0 Å². The molecule has 3 aromatic heterocycles. The van der Waals surface area contributed by atoms with Crippen molar-refractivity contribution in [3.63, 3.8) is 0 Å². The highest BCUT2D eigenvalue weighted by atomic mass is 32.1. The summed E-state index contributed by atoms with van der Waals surface area (Å²) in [6.45, 7) is 3.66. The quantitative estimate of drug-likeness (QED) is 0.348. The zero-order chi connectivity index (χ0) is 23.9. The zero-order valence-corrected chi connectivity index (χ0v) is 20.6. The number of aryl methyl sites for hydroxylation is 1. The van der Waals surface area contributed by atoms with E-state index < -0.39 is 23.6 Å². The lowest BCUT2D eigenvalue weighted by Gasteiger charge is -2.14. The second-order valence-corrected chi connectivity index (χ2v) is 10.8. The maximum Gasteiger partial charge on any atom is 0.412 e. The topological polar surface area (TPSA) is 114 Å². The number of aromatic nitrogens is 3. The highest BCUT2D eigenvalue weighted by molar-refractivity contribution is 7.26. The summed E-state index contributed by atoms with van der Waals surface area (Å²) in [6.07, 6.45) is 0.239. The lowest BCUT2D eigenvalue weighted by molar-refractivity contribution is -0.140. The van der Waals surface area contributed by atoms with Crippen molar-refractivity contribution < 1.29 is 19.4 Å². The number of hydrogen-bond donors (Lipinski definition) is 2. The van der Waals surface area contributed by atoms with Gasteiger partial charge in [-0.25, -0.2) is 14.8 Å². The summed E-state index contributed by atoms with van der Waals surface area (Å²) < 4.78 is 9.83. The number of aliphatic carboxylic acids is 1. The first-order valence-corrected chi connectivity index (χ1v) is 12.8. The van der Waals surface area contributed by atoms with E-state index in [-0.39, 0.29) is 0 Å². The Kier molecular flexibility index (Phi) is 5.81. The van der Waals surface area contributed by atoms with Gasteiger partial charge in [0.15, 0.2) is 20.4 Å². The molecule has 1 aromatic carbocycles. The molecule has 11 heteroatoms. The van der Waals surface area contributed by atoms with Crippen LogP contribution >= 0.6 is 34.2 Å². The Morgan fingerprint density at radius 3 is 2.56 bits per heavy atom. The number of nitrogens with one attached hydrogen (secondary N) is 1. The lowest BCUT2D eigenvalue weighted by atomic mass is 10.1. The number of ether oxygens (including phenoxy) is 1. The summed E-state index contributed by atoms with van der Waals surface area (Å²) >= 11 is 3.86. The molecule has 0 aliphatic heterocycles. The number of carboxylic acid groups (broad SMARTS) is 1. The number of carboxylic acids is 1. The number of anilines is 1. The van der Waals surface area contributed by atoms with Crippen molar-refractivity contribution in [2.45, 2.75) is 38.2 Å². The van der Waals surface area contributed by atoms with Crippen molar-refractivity contribution in [1.29, 1.82) is 0 Å². The van der Waals surface area contributed by atoms with Gasteiger partial charge in [0.1, 0.15) is 16.5 Å². The van der Waals surface area contributed by atoms with Crippen LogP contribution in [0.1, 0.15) is 52.0 Å². The molecule has 1 aliphatic rings. The monoisotopic (exact) mass is 510 g/mol. The molecule has 172 valence electrons. The van der Waals surface area contributed by atoms with Crippen molar-refractivity contribution in [3.8, 4) is 11.8 Å². The molecule has 8 nitrogen and oxygen atoms in total. The van der Waals surface area contributed by atoms with E-state index in [1.165, 1.54) is 34.2 Å². The van der Waals surface area contributed by atoms with Gasteiger partial charge in [0.2, 0.25) is 0 Å². The lowest BCUT2D eigenvalue weighted by Crippen LogP contribution is -2.18. The van der Waals surface area contributed by atoms with Crippen LogP contribution in [0.2, 0.25) is 0 Å². The smallest absolute Gasteiger partial charge is 0.412 e. The van der Waals surface area contributed by atoms with Crippen LogP contribution in [0.4, 0.5) is 10.5 Å². The molecular weight excluding hydrogens is 492 g/mol. The first-order valence-electron chi connectivity index (χ1n) is 10.4. The van der Waals surface area contributed by atoms with Crippen molar-refractivity contribution in [1.82, 2.24) is 14.3 Å². The minimum Gasteiger partial charge on any atom is -0.481 e.